The van der Waals surface area contributed by atoms with Crippen molar-refractivity contribution in [3.63, 3.8) is 0 Å². The lowest BCUT2D eigenvalue weighted by Crippen LogP contribution is -2.04. The summed E-state index contributed by atoms with van der Waals surface area (Å²) in [7, 11) is 1.58. The summed E-state index contributed by atoms with van der Waals surface area (Å²) in [6, 6.07) is 9.20. The molecule has 0 radical (unpaired) electrons. The first-order valence-corrected chi connectivity index (χ1v) is 5.41. The Morgan fingerprint density at radius 1 is 1.33 bits per heavy atom. The highest BCUT2D eigenvalue weighted by Gasteiger charge is 2.03. The Labute approximate surface area is 105 Å². The maximum absolute atomic E-state index is 8.79. The van der Waals surface area contributed by atoms with Gasteiger partial charge in [0, 0.05) is 24.5 Å². The molecule has 5 nitrogen and oxygen atoms in total. The van der Waals surface area contributed by atoms with Crippen LogP contribution in [0, 0.1) is 11.3 Å². The second-order valence-electron chi connectivity index (χ2n) is 3.57. The molecule has 0 saturated carbocycles. The molecule has 0 fully saturated rings. The molecule has 0 saturated heterocycles. The number of hydrogen-bond acceptors (Lipinski definition) is 5. The van der Waals surface area contributed by atoms with Crippen LogP contribution < -0.4 is 10.1 Å². The molecule has 0 bridgehead atoms. The van der Waals surface area contributed by atoms with Crippen LogP contribution in [0.4, 0.5) is 5.82 Å². The molecular formula is C13H12N4O. The number of pyridine rings is 2. The van der Waals surface area contributed by atoms with E-state index in [0.29, 0.717) is 23.8 Å². The Balaban J connectivity index is 2.09. The Morgan fingerprint density at radius 2 is 2.22 bits per heavy atom. The van der Waals surface area contributed by atoms with E-state index >= 15 is 0 Å². The van der Waals surface area contributed by atoms with Crippen molar-refractivity contribution in [1.29, 1.82) is 5.26 Å². The van der Waals surface area contributed by atoms with E-state index in [4.69, 9.17) is 10.00 Å². The molecule has 2 rings (SSSR count). The molecule has 90 valence electrons. The predicted octanol–water partition coefficient (Wildman–Crippen LogP) is 1.97. The van der Waals surface area contributed by atoms with E-state index in [1.165, 1.54) is 0 Å². The predicted molar refractivity (Wildman–Crippen MR) is 67.1 cm³/mol. The Bertz CT molecular complexity index is 577. The molecule has 0 aliphatic carbocycles. The van der Waals surface area contributed by atoms with Gasteiger partial charge >= 0.3 is 0 Å². The van der Waals surface area contributed by atoms with E-state index in [-0.39, 0.29) is 0 Å². The molecule has 2 aromatic heterocycles. The minimum absolute atomic E-state index is 0.541. The van der Waals surface area contributed by atoms with Gasteiger partial charge in [-0.3, -0.25) is 0 Å². The lowest BCUT2D eigenvalue weighted by Gasteiger charge is -2.08. The van der Waals surface area contributed by atoms with Gasteiger partial charge in [0.1, 0.15) is 5.82 Å². The van der Waals surface area contributed by atoms with Gasteiger partial charge in [-0.1, -0.05) is 6.07 Å². The Morgan fingerprint density at radius 3 is 3.00 bits per heavy atom. The number of aromatic nitrogens is 2. The number of nitrogens with zero attached hydrogens (tertiary/aromatic N) is 3. The van der Waals surface area contributed by atoms with E-state index in [1.54, 1.807) is 31.6 Å². The zero-order chi connectivity index (χ0) is 12.8. The van der Waals surface area contributed by atoms with Gasteiger partial charge in [-0.25, -0.2) is 9.97 Å². The van der Waals surface area contributed by atoms with Crippen molar-refractivity contribution < 1.29 is 4.74 Å². The van der Waals surface area contributed by atoms with E-state index < -0.39 is 0 Å². The fourth-order valence-electron chi connectivity index (χ4n) is 1.52. The third-order valence-corrected chi connectivity index (χ3v) is 2.39. The summed E-state index contributed by atoms with van der Waals surface area (Å²) in [5, 5.41) is 11.9. The van der Waals surface area contributed by atoms with E-state index in [9.17, 15) is 0 Å². The SMILES string of the molecule is COc1ncccc1CNc1cc(C#N)ccn1. The number of anilines is 1. The number of ether oxygens (including phenoxy) is 1. The smallest absolute Gasteiger partial charge is 0.218 e. The highest BCUT2D eigenvalue weighted by Crippen LogP contribution is 2.15. The lowest BCUT2D eigenvalue weighted by atomic mass is 10.2. The van der Waals surface area contributed by atoms with Crippen LogP contribution in [-0.4, -0.2) is 17.1 Å². The molecule has 0 unspecified atom stereocenters. The van der Waals surface area contributed by atoms with Crippen LogP contribution in [0.25, 0.3) is 0 Å². The molecule has 0 aromatic carbocycles. The first-order valence-electron chi connectivity index (χ1n) is 5.41. The summed E-state index contributed by atoms with van der Waals surface area (Å²) in [6.07, 6.45) is 3.28. The van der Waals surface area contributed by atoms with Crippen molar-refractivity contribution in [2.24, 2.45) is 0 Å². The van der Waals surface area contributed by atoms with Crippen molar-refractivity contribution in [1.82, 2.24) is 9.97 Å². The lowest BCUT2D eigenvalue weighted by molar-refractivity contribution is 0.393. The third-order valence-electron chi connectivity index (χ3n) is 2.39. The maximum Gasteiger partial charge on any atom is 0.218 e. The molecule has 5 heteroatoms. The molecule has 1 N–H and O–H groups in total. The standard InChI is InChI=1S/C13H12N4O/c1-18-13-11(3-2-5-16-13)9-17-12-7-10(8-14)4-6-15-12/h2-7H,9H2,1H3,(H,15,17). The summed E-state index contributed by atoms with van der Waals surface area (Å²) < 4.78 is 5.15. The van der Waals surface area contributed by atoms with Crippen molar-refractivity contribution in [3.05, 3.63) is 47.8 Å². The third kappa shape index (κ3) is 2.74. The molecule has 0 amide bonds. The van der Waals surface area contributed by atoms with Crippen LogP contribution in [-0.2, 0) is 6.54 Å². The average molecular weight is 240 g/mol. The number of hydrogen-bond donors (Lipinski definition) is 1. The average Bonchev–Trinajstić information content (AvgIpc) is 2.45. The van der Waals surface area contributed by atoms with Gasteiger partial charge in [-0.2, -0.15) is 5.26 Å². The van der Waals surface area contributed by atoms with Gasteiger partial charge in [-0.05, 0) is 18.2 Å². The summed E-state index contributed by atoms with van der Waals surface area (Å²) in [4.78, 5) is 8.24. The van der Waals surface area contributed by atoms with Crippen LogP contribution >= 0.6 is 0 Å². The minimum atomic E-state index is 0.541. The Hall–Kier alpha value is -2.61. The number of nitriles is 1. The molecule has 2 heterocycles. The fraction of sp³-hybridized carbons (Fsp3) is 0.154. The number of methoxy groups -OCH3 is 1. The van der Waals surface area contributed by atoms with E-state index in [0.717, 1.165) is 5.56 Å². The van der Waals surface area contributed by atoms with Gasteiger partial charge < -0.3 is 10.1 Å². The highest BCUT2D eigenvalue weighted by atomic mass is 16.5. The van der Waals surface area contributed by atoms with Gasteiger partial charge in [0.2, 0.25) is 5.88 Å². The molecule has 0 aliphatic rings. The topological polar surface area (TPSA) is 70.8 Å². The molecule has 0 atom stereocenters. The molecule has 0 spiro atoms. The zero-order valence-corrected chi connectivity index (χ0v) is 9.92. The maximum atomic E-state index is 8.79. The molecule has 2 aromatic rings. The number of nitrogens with one attached hydrogen (secondary N) is 1. The summed E-state index contributed by atoms with van der Waals surface area (Å²) >= 11 is 0. The van der Waals surface area contributed by atoms with Crippen molar-refractivity contribution in [3.8, 4) is 11.9 Å². The van der Waals surface area contributed by atoms with Crippen molar-refractivity contribution in [2.75, 3.05) is 12.4 Å². The van der Waals surface area contributed by atoms with Crippen LogP contribution in [0.1, 0.15) is 11.1 Å². The largest absolute Gasteiger partial charge is 0.481 e. The van der Waals surface area contributed by atoms with Gasteiger partial charge in [0.05, 0.1) is 18.7 Å². The Kier molecular flexibility index (Phi) is 3.72. The first-order chi connectivity index (χ1) is 8.83. The van der Waals surface area contributed by atoms with Crippen LogP contribution in [0.2, 0.25) is 0 Å². The van der Waals surface area contributed by atoms with Crippen molar-refractivity contribution in [2.45, 2.75) is 6.54 Å². The van der Waals surface area contributed by atoms with Gasteiger partial charge in [0.15, 0.2) is 0 Å². The van der Waals surface area contributed by atoms with Crippen LogP contribution in [0.3, 0.4) is 0 Å². The van der Waals surface area contributed by atoms with Gasteiger partial charge in [-0.15, -0.1) is 0 Å². The summed E-state index contributed by atoms with van der Waals surface area (Å²) in [5.41, 5.74) is 1.51. The van der Waals surface area contributed by atoms with Crippen LogP contribution in [0.15, 0.2) is 36.7 Å². The molecule has 18 heavy (non-hydrogen) atoms. The van der Waals surface area contributed by atoms with Gasteiger partial charge in [0.25, 0.3) is 0 Å². The fourth-order valence-corrected chi connectivity index (χ4v) is 1.52. The second-order valence-corrected chi connectivity index (χ2v) is 3.57. The summed E-state index contributed by atoms with van der Waals surface area (Å²) in [5.74, 6) is 1.24. The van der Waals surface area contributed by atoms with E-state index in [2.05, 4.69) is 21.4 Å². The second kappa shape index (κ2) is 5.64. The van der Waals surface area contributed by atoms with Crippen molar-refractivity contribution >= 4 is 5.82 Å². The highest BCUT2D eigenvalue weighted by molar-refractivity contribution is 5.43. The monoisotopic (exact) mass is 240 g/mol. The normalized spacial score (nSPS) is 9.56. The molecule has 0 aliphatic heterocycles. The molecular weight excluding hydrogens is 228 g/mol. The van der Waals surface area contributed by atoms with E-state index in [1.807, 2.05) is 12.1 Å². The summed E-state index contributed by atoms with van der Waals surface area (Å²) in [6.45, 7) is 0.541. The first kappa shape index (κ1) is 11.9. The minimum Gasteiger partial charge on any atom is -0.481 e. The quantitative estimate of drug-likeness (QED) is 0.884. The van der Waals surface area contributed by atoms with Crippen LogP contribution in [0.5, 0.6) is 5.88 Å². The zero-order valence-electron chi connectivity index (χ0n) is 9.92. The number of rotatable bonds is 4.